The molecule has 13 heteroatoms. The van der Waals surface area contributed by atoms with E-state index in [2.05, 4.69) is 20.8 Å². The zero-order valence-corrected chi connectivity index (χ0v) is 37.7. The Bertz CT molecular complexity index is 1060. The fourth-order valence-electron chi connectivity index (χ4n) is 8.44. The monoisotopic (exact) mass is 861 g/mol. The number of aliphatic hydroxyl groups is 7. The van der Waals surface area contributed by atoms with E-state index in [0.29, 0.717) is 12.8 Å². The third-order valence-corrected chi connectivity index (χ3v) is 12.5. The number of unbranched alkanes of at least 4 members (excludes halogenated alkanes) is 22. The SMILES string of the molecule is CCCCCCCCCCCCCCCCC(=O)O[C@H]1[C@H](O)[C@H](O)[C@@H](OC2[C@@H](O)[C@H](O)C(O)[C@H](O)[C@H]2O)O[C@@H]1COC(=O)CCCCCCCC(C)CCCCCCCC. The predicted molar refractivity (Wildman–Crippen MR) is 231 cm³/mol. The zero-order valence-electron chi connectivity index (χ0n) is 37.7. The number of carbonyl (C=O) groups excluding carboxylic acids is 2. The highest BCUT2D eigenvalue weighted by atomic mass is 16.7. The first-order valence-electron chi connectivity index (χ1n) is 24.3. The number of esters is 2. The van der Waals surface area contributed by atoms with Crippen LogP contribution in [0.1, 0.15) is 207 Å². The van der Waals surface area contributed by atoms with Crippen LogP contribution < -0.4 is 0 Å². The average molecular weight is 861 g/mol. The number of hydrogen-bond donors (Lipinski definition) is 7. The number of aliphatic hydroxyl groups excluding tert-OH is 7. The van der Waals surface area contributed by atoms with Crippen molar-refractivity contribution in [2.45, 2.75) is 274 Å². The van der Waals surface area contributed by atoms with Gasteiger partial charge in [-0.2, -0.15) is 0 Å². The Kier molecular flexibility index (Phi) is 30.2. The van der Waals surface area contributed by atoms with Gasteiger partial charge < -0.3 is 54.7 Å². The minimum Gasteiger partial charge on any atom is -0.463 e. The van der Waals surface area contributed by atoms with Crippen molar-refractivity contribution < 1.29 is 64.3 Å². The molecule has 3 unspecified atom stereocenters. The molecule has 1 aliphatic heterocycles. The fraction of sp³-hybridized carbons (Fsp3) is 0.957. The summed E-state index contributed by atoms with van der Waals surface area (Å²) < 4.78 is 22.6. The van der Waals surface area contributed by atoms with Crippen LogP contribution in [0.2, 0.25) is 0 Å². The quantitative estimate of drug-likeness (QED) is 0.0251. The maximum atomic E-state index is 13.0. The Balaban J connectivity index is 1.81. The van der Waals surface area contributed by atoms with Crippen LogP contribution in [0.4, 0.5) is 0 Å². The lowest BCUT2D eigenvalue weighted by atomic mass is 9.84. The van der Waals surface area contributed by atoms with E-state index >= 15 is 0 Å². The number of ether oxygens (including phenoxy) is 4. The minimum absolute atomic E-state index is 0.0837. The molecule has 0 bridgehead atoms. The van der Waals surface area contributed by atoms with Gasteiger partial charge in [0.15, 0.2) is 12.4 Å². The van der Waals surface area contributed by atoms with Crippen LogP contribution in [0.15, 0.2) is 0 Å². The van der Waals surface area contributed by atoms with Crippen molar-refractivity contribution in [1.82, 2.24) is 0 Å². The third-order valence-electron chi connectivity index (χ3n) is 12.5. The van der Waals surface area contributed by atoms with E-state index in [1.807, 2.05) is 0 Å². The lowest BCUT2D eigenvalue weighted by Gasteiger charge is -2.46. The van der Waals surface area contributed by atoms with Gasteiger partial charge in [-0.05, 0) is 18.8 Å². The Labute approximate surface area is 362 Å². The van der Waals surface area contributed by atoms with Gasteiger partial charge in [-0.1, -0.05) is 181 Å². The first-order chi connectivity index (χ1) is 28.9. The van der Waals surface area contributed by atoms with Crippen molar-refractivity contribution in [3.63, 3.8) is 0 Å². The molecule has 0 aromatic rings. The Hall–Kier alpha value is -1.42. The van der Waals surface area contributed by atoms with Crippen molar-refractivity contribution in [3.8, 4) is 0 Å². The molecule has 354 valence electrons. The molecule has 2 fully saturated rings. The summed E-state index contributed by atoms with van der Waals surface area (Å²) in [7, 11) is 0. The summed E-state index contributed by atoms with van der Waals surface area (Å²) >= 11 is 0. The highest BCUT2D eigenvalue weighted by molar-refractivity contribution is 5.70. The lowest BCUT2D eigenvalue weighted by molar-refractivity contribution is -0.340. The van der Waals surface area contributed by atoms with Crippen LogP contribution in [-0.2, 0) is 28.5 Å². The Morgan fingerprint density at radius 1 is 0.467 bits per heavy atom. The molecule has 0 radical (unpaired) electrons. The first-order valence-corrected chi connectivity index (χ1v) is 24.3. The van der Waals surface area contributed by atoms with Crippen LogP contribution in [0.5, 0.6) is 0 Å². The molecule has 1 heterocycles. The molecule has 1 saturated heterocycles. The molecular formula is C47H88O13. The van der Waals surface area contributed by atoms with Gasteiger partial charge >= 0.3 is 11.9 Å². The zero-order chi connectivity index (χ0) is 44.1. The van der Waals surface area contributed by atoms with Gasteiger partial charge in [-0.15, -0.1) is 0 Å². The van der Waals surface area contributed by atoms with Crippen LogP contribution in [-0.4, -0.2) is 122 Å². The largest absolute Gasteiger partial charge is 0.463 e. The lowest BCUT2D eigenvalue weighted by Crippen LogP contribution is -2.67. The topological polar surface area (TPSA) is 213 Å². The maximum Gasteiger partial charge on any atom is 0.306 e. The van der Waals surface area contributed by atoms with Gasteiger partial charge in [0.05, 0.1) is 0 Å². The van der Waals surface area contributed by atoms with Crippen molar-refractivity contribution in [1.29, 1.82) is 0 Å². The second kappa shape index (κ2) is 33.1. The molecule has 60 heavy (non-hydrogen) atoms. The molecule has 0 spiro atoms. The molecule has 0 aromatic heterocycles. The normalized spacial score (nSPS) is 28.7. The van der Waals surface area contributed by atoms with E-state index in [1.165, 1.54) is 122 Å². The maximum absolute atomic E-state index is 13.0. The number of carbonyl (C=O) groups is 2. The minimum atomic E-state index is -1.89. The van der Waals surface area contributed by atoms with Gasteiger partial charge in [0.2, 0.25) is 0 Å². The first kappa shape index (κ1) is 54.7. The summed E-state index contributed by atoms with van der Waals surface area (Å²) in [6.45, 7) is 6.36. The van der Waals surface area contributed by atoms with Crippen LogP contribution in [0, 0.1) is 5.92 Å². The summed E-state index contributed by atoms with van der Waals surface area (Å²) in [6.07, 6.45) is 12.5. The average Bonchev–Trinajstić information content (AvgIpc) is 3.23. The van der Waals surface area contributed by atoms with Crippen LogP contribution in [0.25, 0.3) is 0 Å². The van der Waals surface area contributed by atoms with E-state index in [1.54, 1.807) is 0 Å². The summed E-state index contributed by atoms with van der Waals surface area (Å²) in [6, 6.07) is 0. The Morgan fingerprint density at radius 3 is 1.28 bits per heavy atom. The predicted octanol–water partition coefficient (Wildman–Crippen LogP) is 7.08. The number of rotatable bonds is 35. The second-order valence-electron chi connectivity index (χ2n) is 18.0. The van der Waals surface area contributed by atoms with Crippen molar-refractivity contribution >= 4 is 11.9 Å². The molecule has 0 amide bonds. The molecular weight excluding hydrogens is 773 g/mol. The van der Waals surface area contributed by atoms with Crippen molar-refractivity contribution in [2.24, 2.45) is 5.92 Å². The van der Waals surface area contributed by atoms with E-state index in [4.69, 9.17) is 18.9 Å². The van der Waals surface area contributed by atoms with Crippen LogP contribution in [0.3, 0.4) is 0 Å². The van der Waals surface area contributed by atoms with Gasteiger partial charge in [0.25, 0.3) is 0 Å². The molecule has 1 aliphatic carbocycles. The Morgan fingerprint density at radius 2 is 0.833 bits per heavy atom. The third kappa shape index (κ3) is 21.8. The number of hydrogen-bond acceptors (Lipinski definition) is 13. The van der Waals surface area contributed by atoms with Gasteiger partial charge in [0, 0.05) is 12.8 Å². The molecule has 0 aromatic carbocycles. The van der Waals surface area contributed by atoms with E-state index in [9.17, 15) is 45.3 Å². The second-order valence-corrected chi connectivity index (χ2v) is 18.0. The molecule has 12 atom stereocenters. The van der Waals surface area contributed by atoms with Gasteiger partial charge in [0.1, 0.15) is 61.5 Å². The molecule has 1 saturated carbocycles. The van der Waals surface area contributed by atoms with E-state index in [-0.39, 0.29) is 12.8 Å². The summed E-state index contributed by atoms with van der Waals surface area (Å²) in [4.78, 5) is 25.8. The van der Waals surface area contributed by atoms with Crippen LogP contribution >= 0.6 is 0 Å². The fourth-order valence-corrected chi connectivity index (χ4v) is 8.44. The molecule has 13 nitrogen and oxygen atoms in total. The van der Waals surface area contributed by atoms with Gasteiger partial charge in [-0.3, -0.25) is 9.59 Å². The molecule has 2 aliphatic rings. The summed E-state index contributed by atoms with van der Waals surface area (Å²) in [5.74, 6) is -0.386. The van der Waals surface area contributed by atoms with E-state index < -0.39 is 85.9 Å². The summed E-state index contributed by atoms with van der Waals surface area (Å²) in [5, 5.41) is 73.5. The standard InChI is InChI=1S/C47H88O13/c1-4-6-8-10-12-13-14-15-16-17-18-19-23-28-32-37(49)59-45-35(58-47(44(56)43(45)55)60-46-41(53)39(51)38(50)40(52)42(46)54)33-57-36(48)31-27-24-20-22-26-30-34(3)29-25-21-11-9-7-5-2/h34-35,38-47,50-56H,4-33H2,1-3H3/t34?,35-,38?,39-,40+,41+,42-,43-,44+,45-,46?,47-/m1/s1. The highest BCUT2D eigenvalue weighted by Crippen LogP contribution is 2.31. The summed E-state index contributed by atoms with van der Waals surface area (Å²) in [5.41, 5.74) is 0. The highest BCUT2D eigenvalue weighted by Gasteiger charge is 2.53. The smallest absolute Gasteiger partial charge is 0.306 e. The van der Waals surface area contributed by atoms with Crippen molar-refractivity contribution in [2.75, 3.05) is 6.61 Å². The molecule has 2 rings (SSSR count). The molecule has 7 N–H and O–H groups in total. The van der Waals surface area contributed by atoms with Gasteiger partial charge in [-0.25, -0.2) is 0 Å². The van der Waals surface area contributed by atoms with Crippen molar-refractivity contribution in [3.05, 3.63) is 0 Å². The van der Waals surface area contributed by atoms with E-state index in [0.717, 1.165) is 44.4 Å².